The monoisotopic (exact) mass is 351 g/mol. The molecule has 1 unspecified atom stereocenters. The molecule has 26 heavy (non-hydrogen) atoms. The van der Waals surface area contributed by atoms with Gasteiger partial charge in [0.05, 0.1) is 23.7 Å². The number of H-pyrrole nitrogens is 1. The number of ether oxygens (including phenoxy) is 1. The number of aromatic nitrogens is 2. The lowest BCUT2D eigenvalue weighted by atomic mass is 9.93. The summed E-state index contributed by atoms with van der Waals surface area (Å²) >= 11 is 0. The predicted molar refractivity (Wildman–Crippen MR) is 97.9 cm³/mol. The van der Waals surface area contributed by atoms with Gasteiger partial charge in [-0.1, -0.05) is 18.2 Å². The third-order valence-corrected chi connectivity index (χ3v) is 5.13. The van der Waals surface area contributed by atoms with Crippen LogP contribution >= 0.6 is 0 Å². The van der Waals surface area contributed by atoms with Crippen LogP contribution < -0.4 is 0 Å². The lowest BCUT2D eigenvalue weighted by Gasteiger charge is -2.17. The molecule has 0 bridgehead atoms. The number of carbonyl (C=O) groups excluding carboxylic acids is 2. The number of rotatable bonds is 3. The van der Waals surface area contributed by atoms with Crippen LogP contribution in [0.2, 0.25) is 0 Å². The molecule has 3 heterocycles. The van der Waals surface area contributed by atoms with Crippen LogP contribution in [-0.4, -0.2) is 46.9 Å². The molecule has 2 aliphatic rings. The Morgan fingerprint density at radius 2 is 2.23 bits per heavy atom. The molecule has 134 valence electrons. The van der Waals surface area contributed by atoms with E-state index in [-0.39, 0.29) is 5.91 Å². The lowest BCUT2D eigenvalue weighted by molar-refractivity contribution is 0.0602. The number of fused-ring (bicyclic) bond motifs is 1. The topological polar surface area (TPSA) is 75.3 Å². The molecule has 6 heteroatoms. The summed E-state index contributed by atoms with van der Waals surface area (Å²) in [6.07, 6.45) is 11.4. The van der Waals surface area contributed by atoms with Gasteiger partial charge >= 0.3 is 5.97 Å². The summed E-state index contributed by atoms with van der Waals surface area (Å²) in [6, 6.07) is 3.30. The largest absolute Gasteiger partial charge is 0.465 e. The van der Waals surface area contributed by atoms with E-state index in [1.54, 1.807) is 18.3 Å². The van der Waals surface area contributed by atoms with Crippen molar-refractivity contribution in [2.24, 2.45) is 5.92 Å². The Labute approximate surface area is 151 Å². The first-order valence-corrected chi connectivity index (χ1v) is 8.89. The number of likely N-dealkylation sites (tertiary alicyclic amines) is 1. The first kappa shape index (κ1) is 16.6. The van der Waals surface area contributed by atoms with E-state index in [0.717, 1.165) is 32.4 Å². The highest BCUT2D eigenvalue weighted by atomic mass is 16.5. The Balaban J connectivity index is 1.56. The number of hydrogen-bond donors (Lipinski definition) is 1. The Kier molecular flexibility index (Phi) is 4.32. The lowest BCUT2D eigenvalue weighted by Crippen LogP contribution is -2.29. The van der Waals surface area contributed by atoms with Crippen molar-refractivity contribution in [2.45, 2.75) is 19.3 Å². The number of carbonyl (C=O) groups is 2. The van der Waals surface area contributed by atoms with Gasteiger partial charge in [0, 0.05) is 25.2 Å². The van der Waals surface area contributed by atoms with E-state index < -0.39 is 5.97 Å². The quantitative estimate of drug-likeness (QED) is 0.862. The first-order valence-electron chi connectivity index (χ1n) is 8.89. The van der Waals surface area contributed by atoms with Gasteiger partial charge in [-0.05, 0) is 37.0 Å². The van der Waals surface area contributed by atoms with Crippen LogP contribution in [0.3, 0.4) is 0 Å². The van der Waals surface area contributed by atoms with Crippen LogP contribution in [0.25, 0.3) is 11.0 Å². The molecule has 6 nitrogen and oxygen atoms in total. The molecule has 1 saturated heterocycles. The van der Waals surface area contributed by atoms with Crippen LogP contribution in [0, 0.1) is 5.92 Å². The molecule has 2 aromatic rings. The third kappa shape index (κ3) is 2.92. The number of methoxy groups -OCH3 is 1. The molecule has 1 atom stereocenters. The number of allylic oxidation sites excluding steroid dienone is 3. The predicted octanol–water partition coefficient (Wildman–Crippen LogP) is 3.09. The van der Waals surface area contributed by atoms with E-state index in [0.29, 0.717) is 28.2 Å². The van der Waals surface area contributed by atoms with Crippen LogP contribution in [0.15, 0.2) is 42.1 Å². The second-order valence-electron chi connectivity index (χ2n) is 6.71. The fourth-order valence-corrected chi connectivity index (χ4v) is 3.75. The van der Waals surface area contributed by atoms with E-state index in [2.05, 4.69) is 28.2 Å². The van der Waals surface area contributed by atoms with E-state index in [1.165, 1.54) is 12.7 Å². The van der Waals surface area contributed by atoms with Gasteiger partial charge in [0.15, 0.2) is 0 Å². The summed E-state index contributed by atoms with van der Waals surface area (Å²) in [4.78, 5) is 34.0. The molecule has 0 radical (unpaired) electrons. The molecule has 1 fully saturated rings. The molecule has 0 saturated carbocycles. The fourth-order valence-electron chi connectivity index (χ4n) is 3.75. The molecule has 1 N–H and O–H groups in total. The van der Waals surface area contributed by atoms with Crippen LogP contribution in [0.1, 0.15) is 40.1 Å². The molecule has 0 aromatic carbocycles. The standard InChI is InChI=1S/C20H21N3O3/c1-26-20(25)15-7-9-21-16-11-17(22-18(15)16)19(24)23-10-8-14(12-23)13-5-3-2-4-6-13/h3,5-7,9,11,14,22H,2,4,8,10,12H2,1H3. The van der Waals surface area contributed by atoms with E-state index >= 15 is 0 Å². The van der Waals surface area contributed by atoms with Crippen molar-refractivity contribution in [2.75, 3.05) is 20.2 Å². The van der Waals surface area contributed by atoms with Gasteiger partial charge in [-0.15, -0.1) is 0 Å². The van der Waals surface area contributed by atoms with E-state index in [1.807, 2.05) is 4.90 Å². The number of amides is 1. The summed E-state index contributed by atoms with van der Waals surface area (Å²) in [6.45, 7) is 1.46. The number of esters is 1. The number of hydrogen-bond acceptors (Lipinski definition) is 4. The van der Waals surface area contributed by atoms with Gasteiger partial charge in [0.1, 0.15) is 5.69 Å². The van der Waals surface area contributed by atoms with Gasteiger partial charge < -0.3 is 14.6 Å². The van der Waals surface area contributed by atoms with Crippen molar-refractivity contribution in [3.8, 4) is 0 Å². The summed E-state index contributed by atoms with van der Waals surface area (Å²) < 4.78 is 4.80. The van der Waals surface area contributed by atoms with Gasteiger partial charge in [-0.25, -0.2) is 4.79 Å². The Bertz CT molecular complexity index is 926. The molecular weight excluding hydrogens is 330 g/mol. The third-order valence-electron chi connectivity index (χ3n) is 5.13. The van der Waals surface area contributed by atoms with Crippen LogP contribution in [0.5, 0.6) is 0 Å². The molecule has 2 aromatic heterocycles. The maximum atomic E-state index is 12.9. The normalized spacial score (nSPS) is 19.7. The van der Waals surface area contributed by atoms with E-state index in [9.17, 15) is 9.59 Å². The Morgan fingerprint density at radius 1 is 1.35 bits per heavy atom. The molecule has 1 aliphatic heterocycles. The van der Waals surface area contributed by atoms with Crippen molar-refractivity contribution in [3.63, 3.8) is 0 Å². The average Bonchev–Trinajstić information content (AvgIpc) is 3.34. The number of nitrogens with zero attached hydrogens (tertiary/aromatic N) is 2. The number of nitrogens with one attached hydrogen (secondary N) is 1. The van der Waals surface area contributed by atoms with Crippen molar-refractivity contribution >= 4 is 22.9 Å². The zero-order valence-electron chi connectivity index (χ0n) is 14.7. The summed E-state index contributed by atoms with van der Waals surface area (Å²) in [5, 5.41) is 0. The van der Waals surface area contributed by atoms with Crippen molar-refractivity contribution in [3.05, 3.63) is 53.4 Å². The molecular formula is C20H21N3O3. The van der Waals surface area contributed by atoms with Crippen molar-refractivity contribution in [1.29, 1.82) is 0 Å². The van der Waals surface area contributed by atoms with Crippen LogP contribution in [-0.2, 0) is 4.74 Å². The van der Waals surface area contributed by atoms with Crippen molar-refractivity contribution in [1.82, 2.24) is 14.9 Å². The zero-order chi connectivity index (χ0) is 18.1. The summed E-state index contributed by atoms with van der Waals surface area (Å²) in [5.41, 5.74) is 3.31. The highest BCUT2D eigenvalue weighted by Gasteiger charge is 2.29. The maximum absolute atomic E-state index is 12.9. The van der Waals surface area contributed by atoms with Crippen molar-refractivity contribution < 1.29 is 14.3 Å². The van der Waals surface area contributed by atoms with Crippen LogP contribution in [0.4, 0.5) is 0 Å². The molecule has 0 spiro atoms. The van der Waals surface area contributed by atoms with Gasteiger partial charge in [0.25, 0.3) is 5.91 Å². The second-order valence-corrected chi connectivity index (χ2v) is 6.71. The Hall–Kier alpha value is -2.89. The summed E-state index contributed by atoms with van der Waals surface area (Å²) in [5.74, 6) is -0.0964. The van der Waals surface area contributed by atoms with Gasteiger partial charge in [-0.2, -0.15) is 0 Å². The molecule has 1 aliphatic carbocycles. The molecule has 1 amide bonds. The maximum Gasteiger partial charge on any atom is 0.340 e. The summed E-state index contributed by atoms with van der Waals surface area (Å²) in [7, 11) is 1.34. The zero-order valence-corrected chi connectivity index (χ0v) is 14.7. The highest BCUT2D eigenvalue weighted by Crippen LogP contribution is 2.29. The second kappa shape index (κ2) is 6.78. The first-order chi connectivity index (χ1) is 12.7. The fraction of sp³-hybridized carbons (Fsp3) is 0.350. The SMILES string of the molecule is COC(=O)c1ccnc2cc(C(=O)N3CCC(C4=CCCC=C4)C3)[nH]c12. The molecule has 4 rings (SSSR count). The average molecular weight is 351 g/mol. The van der Waals surface area contributed by atoms with E-state index in [4.69, 9.17) is 4.74 Å². The van der Waals surface area contributed by atoms with Gasteiger partial charge in [0.2, 0.25) is 0 Å². The smallest absolute Gasteiger partial charge is 0.340 e. The van der Waals surface area contributed by atoms with Gasteiger partial charge in [-0.3, -0.25) is 9.78 Å². The Morgan fingerprint density at radius 3 is 3.00 bits per heavy atom. The minimum atomic E-state index is -0.449. The number of aromatic amines is 1. The minimum Gasteiger partial charge on any atom is -0.465 e. The number of pyridine rings is 1. The highest BCUT2D eigenvalue weighted by molar-refractivity contribution is 6.05. The minimum absolute atomic E-state index is 0.0540.